The number of aliphatic imine (C=N–C) groups is 1. The van der Waals surface area contributed by atoms with E-state index in [0.29, 0.717) is 26.2 Å². The molecule has 0 atom stereocenters. The summed E-state index contributed by atoms with van der Waals surface area (Å²) in [5, 5.41) is 4.09. The van der Waals surface area contributed by atoms with Crippen LogP contribution in [0.3, 0.4) is 0 Å². The molecule has 2 rings (SSSR count). The lowest BCUT2D eigenvalue weighted by Crippen LogP contribution is -2.54. The maximum atomic E-state index is 12.4. The van der Waals surface area contributed by atoms with Gasteiger partial charge < -0.3 is 15.0 Å². The molecule has 0 saturated carbocycles. The van der Waals surface area contributed by atoms with Gasteiger partial charge in [-0.2, -0.15) is 4.31 Å². The molecular weight excluding hydrogens is 400 g/mol. The number of rotatable bonds is 8. The van der Waals surface area contributed by atoms with Crippen molar-refractivity contribution in [2.75, 3.05) is 52.1 Å². The third kappa shape index (κ3) is 7.24. The Labute approximate surface area is 173 Å². The molecule has 1 aliphatic heterocycles. The second kappa shape index (κ2) is 11.0. The minimum Gasteiger partial charge on any atom is -0.378 e. The highest BCUT2D eigenvalue weighted by atomic mass is 35.5. The molecule has 1 fully saturated rings. The third-order valence-electron chi connectivity index (χ3n) is 4.52. The van der Waals surface area contributed by atoms with Crippen LogP contribution in [0.4, 0.5) is 0 Å². The SMILES string of the molecule is CN=C(NCCc1cccc(Cl)c1)N1CCN(S(=O)(=O)CCOC(C)C)CC1. The van der Waals surface area contributed by atoms with Crippen molar-refractivity contribution in [3.05, 3.63) is 34.9 Å². The molecule has 0 amide bonds. The first kappa shape index (κ1) is 22.9. The van der Waals surface area contributed by atoms with Gasteiger partial charge in [-0.3, -0.25) is 4.99 Å². The van der Waals surface area contributed by atoms with E-state index in [9.17, 15) is 8.42 Å². The molecule has 1 saturated heterocycles. The first-order chi connectivity index (χ1) is 13.3. The summed E-state index contributed by atoms with van der Waals surface area (Å²) in [5.74, 6) is 0.819. The number of hydrogen-bond acceptors (Lipinski definition) is 4. The summed E-state index contributed by atoms with van der Waals surface area (Å²) in [4.78, 5) is 6.43. The van der Waals surface area contributed by atoms with Crippen LogP contribution in [0.15, 0.2) is 29.3 Å². The zero-order valence-corrected chi connectivity index (χ0v) is 18.5. The molecule has 0 aromatic heterocycles. The monoisotopic (exact) mass is 430 g/mol. The Morgan fingerprint density at radius 2 is 2.00 bits per heavy atom. The van der Waals surface area contributed by atoms with Crippen LogP contribution < -0.4 is 5.32 Å². The number of sulfonamides is 1. The highest BCUT2D eigenvalue weighted by molar-refractivity contribution is 7.89. The molecule has 0 spiro atoms. The van der Waals surface area contributed by atoms with E-state index in [0.717, 1.165) is 29.5 Å². The van der Waals surface area contributed by atoms with Crippen LogP contribution in [0.1, 0.15) is 19.4 Å². The van der Waals surface area contributed by atoms with E-state index in [1.165, 1.54) is 0 Å². The molecule has 0 aliphatic carbocycles. The van der Waals surface area contributed by atoms with Crippen LogP contribution in [-0.4, -0.2) is 81.8 Å². The number of hydrogen-bond donors (Lipinski definition) is 1. The van der Waals surface area contributed by atoms with E-state index in [-0.39, 0.29) is 18.5 Å². The molecule has 1 N–H and O–H groups in total. The molecule has 1 aromatic rings. The Hall–Kier alpha value is -1.35. The predicted molar refractivity (Wildman–Crippen MR) is 115 cm³/mol. The first-order valence-electron chi connectivity index (χ1n) is 9.61. The Kier molecular flexibility index (Phi) is 9.01. The number of piperazine rings is 1. The summed E-state index contributed by atoms with van der Waals surface area (Å²) < 4.78 is 31.8. The molecule has 1 aromatic carbocycles. The smallest absolute Gasteiger partial charge is 0.216 e. The lowest BCUT2D eigenvalue weighted by atomic mass is 10.1. The van der Waals surface area contributed by atoms with Gasteiger partial charge in [0, 0.05) is 44.8 Å². The minimum atomic E-state index is -3.28. The summed E-state index contributed by atoms with van der Waals surface area (Å²) >= 11 is 6.02. The summed E-state index contributed by atoms with van der Waals surface area (Å²) in [6.45, 7) is 6.90. The average molecular weight is 431 g/mol. The number of benzene rings is 1. The highest BCUT2D eigenvalue weighted by Crippen LogP contribution is 2.11. The van der Waals surface area contributed by atoms with E-state index in [4.69, 9.17) is 16.3 Å². The number of halogens is 1. The number of guanidine groups is 1. The zero-order valence-electron chi connectivity index (χ0n) is 16.9. The van der Waals surface area contributed by atoms with Gasteiger partial charge in [-0.15, -0.1) is 0 Å². The van der Waals surface area contributed by atoms with Crippen molar-refractivity contribution in [2.24, 2.45) is 4.99 Å². The van der Waals surface area contributed by atoms with E-state index >= 15 is 0 Å². The lowest BCUT2D eigenvalue weighted by Gasteiger charge is -2.35. The van der Waals surface area contributed by atoms with E-state index in [1.807, 2.05) is 38.1 Å². The topological polar surface area (TPSA) is 74.2 Å². The van der Waals surface area contributed by atoms with Gasteiger partial charge in [0.15, 0.2) is 5.96 Å². The molecule has 1 heterocycles. The van der Waals surface area contributed by atoms with Gasteiger partial charge >= 0.3 is 0 Å². The van der Waals surface area contributed by atoms with E-state index in [1.54, 1.807) is 11.4 Å². The van der Waals surface area contributed by atoms with E-state index < -0.39 is 10.0 Å². The van der Waals surface area contributed by atoms with Crippen molar-refractivity contribution >= 4 is 27.6 Å². The summed E-state index contributed by atoms with van der Waals surface area (Å²) in [6.07, 6.45) is 0.873. The van der Waals surface area contributed by atoms with Crippen LogP contribution >= 0.6 is 11.6 Å². The Bertz CT molecular complexity index is 747. The van der Waals surface area contributed by atoms with Gasteiger partial charge in [-0.1, -0.05) is 23.7 Å². The van der Waals surface area contributed by atoms with Gasteiger partial charge in [-0.05, 0) is 38.0 Å². The van der Waals surface area contributed by atoms with Crippen molar-refractivity contribution in [2.45, 2.75) is 26.4 Å². The second-order valence-electron chi connectivity index (χ2n) is 6.98. The van der Waals surface area contributed by atoms with Crippen LogP contribution in [0.5, 0.6) is 0 Å². The van der Waals surface area contributed by atoms with Crippen LogP contribution in [0.25, 0.3) is 0 Å². The maximum Gasteiger partial charge on any atom is 0.216 e. The highest BCUT2D eigenvalue weighted by Gasteiger charge is 2.27. The quantitative estimate of drug-likeness (QED) is 0.503. The Balaban J connectivity index is 1.78. The predicted octanol–water partition coefficient (Wildman–Crippen LogP) is 1.83. The molecule has 9 heteroatoms. The number of nitrogens with one attached hydrogen (secondary N) is 1. The molecule has 7 nitrogen and oxygen atoms in total. The molecule has 0 radical (unpaired) electrons. The molecule has 1 aliphatic rings. The van der Waals surface area contributed by atoms with Crippen molar-refractivity contribution in [3.63, 3.8) is 0 Å². The third-order valence-corrected chi connectivity index (χ3v) is 6.59. The molecule has 0 unspecified atom stereocenters. The molecule has 28 heavy (non-hydrogen) atoms. The lowest BCUT2D eigenvalue weighted by molar-refractivity contribution is 0.0904. The zero-order chi connectivity index (χ0) is 20.6. The fourth-order valence-corrected chi connectivity index (χ4v) is 4.54. The summed E-state index contributed by atoms with van der Waals surface area (Å²) in [7, 11) is -1.54. The second-order valence-corrected chi connectivity index (χ2v) is 9.50. The van der Waals surface area contributed by atoms with Crippen LogP contribution in [0.2, 0.25) is 5.02 Å². The van der Waals surface area contributed by atoms with E-state index in [2.05, 4.69) is 15.2 Å². The van der Waals surface area contributed by atoms with Gasteiger partial charge in [0.25, 0.3) is 0 Å². The number of ether oxygens (including phenoxy) is 1. The van der Waals surface area contributed by atoms with Crippen LogP contribution in [0, 0.1) is 0 Å². The van der Waals surface area contributed by atoms with Crippen molar-refractivity contribution in [1.29, 1.82) is 0 Å². The standard InChI is InChI=1S/C19H31ClN4O3S/c1-16(2)27-13-14-28(25,26)24-11-9-23(10-12-24)19(21-3)22-8-7-17-5-4-6-18(20)15-17/h4-6,15-16H,7-14H2,1-3H3,(H,21,22). The largest absolute Gasteiger partial charge is 0.378 e. The normalized spacial score (nSPS) is 16.6. The Morgan fingerprint density at radius 3 is 2.61 bits per heavy atom. The summed E-state index contributed by atoms with van der Waals surface area (Å²) in [5.41, 5.74) is 1.16. The van der Waals surface area contributed by atoms with Gasteiger partial charge in [-0.25, -0.2) is 8.42 Å². The van der Waals surface area contributed by atoms with Gasteiger partial charge in [0.1, 0.15) is 0 Å². The van der Waals surface area contributed by atoms with Crippen molar-refractivity contribution < 1.29 is 13.2 Å². The fourth-order valence-electron chi connectivity index (χ4n) is 3.04. The van der Waals surface area contributed by atoms with Crippen molar-refractivity contribution in [3.8, 4) is 0 Å². The minimum absolute atomic E-state index is 0.0256. The van der Waals surface area contributed by atoms with Crippen molar-refractivity contribution in [1.82, 2.24) is 14.5 Å². The first-order valence-corrected chi connectivity index (χ1v) is 11.6. The van der Waals surface area contributed by atoms with Gasteiger partial charge in [0.2, 0.25) is 10.0 Å². The maximum absolute atomic E-state index is 12.4. The van der Waals surface area contributed by atoms with Crippen LogP contribution in [-0.2, 0) is 21.2 Å². The Morgan fingerprint density at radius 1 is 1.29 bits per heavy atom. The molecule has 0 bridgehead atoms. The van der Waals surface area contributed by atoms with Gasteiger partial charge in [0.05, 0.1) is 18.5 Å². The molecular formula is C19H31ClN4O3S. The number of nitrogens with zero attached hydrogens (tertiary/aromatic N) is 3. The summed E-state index contributed by atoms with van der Waals surface area (Å²) in [6, 6.07) is 7.81. The fraction of sp³-hybridized carbons (Fsp3) is 0.632. The molecule has 158 valence electrons. The average Bonchev–Trinajstić information content (AvgIpc) is 2.65.